The van der Waals surface area contributed by atoms with Gasteiger partial charge in [-0.15, -0.1) is 0 Å². The second kappa shape index (κ2) is 6.97. The first-order valence-electron chi connectivity index (χ1n) is 6.67. The molecular formula is C16H22N2O2. The molecule has 0 unspecified atom stereocenters. The second-order valence-corrected chi connectivity index (χ2v) is 5.51. The zero-order valence-corrected chi connectivity index (χ0v) is 12.5. The number of carbonyl (C=O) groups excluding carboxylic acids is 1. The van der Waals surface area contributed by atoms with E-state index in [1.165, 1.54) is 0 Å². The second-order valence-electron chi connectivity index (χ2n) is 5.51. The number of nitrogens with one attached hydrogen (secondary N) is 2. The topological polar surface area (TPSA) is 61.4 Å². The first-order valence-corrected chi connectivity index (χ1v) is 6.67. The van der Waals surface area contributed by atoms with Gasteiger partial charge >= 0.3 is 6.03 Å². The molecule has 0 aliphatic rings. The monoisotopic (exact) mass is 274 g/mol. The van der Waals surface area contributed by atoms with E-state index in [0.29, 0.717) is 0 Å². The van der Waals surface area contributed by atoms with Crippen molar-refractivity contribution in [3.05, 3.63) is 29.3 Å². The Labute approximate surface area is 120 Å². The van der Waals surface area contributed by atoms with Crippen LogP contribution in [0.2, 0.25) is 0 Å². The molecule has 0 heterocycles. The van der Waals surface area contributed by atoms with E-state index >= 15 is 0 Å². The summed E-state index contributed by atoms with van der Waals surface area (Å²) in [6.07, 6.45) is 0.791. The van der Waals surface area contributed by atoms with E-state index in [-0.39, 0.29) is 18.2 Å². The van der Waals surface area contributed by atoms with Crippen molar-refractivity contribution in [3.63, 3.8) is 0 Å². The lowest BCUT2D eigenvalue weighted by molar-refractivity contribution is 0.244. The summed E-state index contributed by atoms with van der Waals surface area (Å²) in [6, 6.07) is 5.37. The number of anilines is 1. The highest BCUT2D eigenvalue weighted by Gasteiger charge is 2.14. The minimum Gasteiger partial charge on any atom is -0.384 e. The van der Waals surface area contributed by atoms with Gasteiger partial charge in [-0.05, 0) is 51.0 Å². The van der Waals surface area contributed by atoms with Gasteiger partial charge in [-0.3, -0.25) is 0 Å². The summed E-state index contributed by atoms with van der Waals surface area (Å²) in [5, 5.41) is 14.4. The van der Waals surface area contributed by atoms with Crippen LogP contribution in [0.3, 0.4) is 0 Å². The molecular weight excluding hydrogens is 252 g/mol. The van der Waals surface area contributed by atoms with Crippen molar-refractivity contribution in [2.75, 3.05) is 11.9 Å². The van der Waals surface area contributed by atoms with Crippen LogP contribution in [0.5, 0.6) is 0 Å². The summed E-state index contributed by atoms with van der Waals surface area (Å²) in [7, 11) is 0. The van der Waals surface area contributed by atoms with Crippen LogP contribution in [-0.2, 0) is 6.42 Å². The first-order chi connectivity index (χ1) is 9.35. The standard InChI is InChI=1S/C16H22N2O2/c1-5-13-11-12(7-6-10-19)8-9-14(13)17-15(20)18-16(2,3)4/h8-9,11,19H,5,10H2,1-4H3,(H2,17,18,20). The Morgan fingerprint density at radius 3 is 2.60 bits per heavy atom. The summed E-state index contributed by atoms with van der Waals surface area (Å²) >= 11 is 0. The van der Waals surface area contributed by atoms with Gasteiger partial charge in [-0.2, -0.15) is 0 Å². The van der Waals surface area contributed by atoms with Crippen LogP contribution in [0.4, 0.5) is 10.5 Å². The largest absolute Gasteiger partial charge is 0.384 e. The Kier molecular flexibility index (Phi) is 5.60. The molecule has 0 radical (unpaired) electrons. The predicted molar refractivity (Wildman–Crippen MR) is 81.7 cm³/mol. The van der Waals surface area contributed by atoms with Crippen molar-refractivity contribution in [1.82, 2.24) is 5.32 Å². The zero-order valence-electron chi connectivity index (χ0n) is 12.5. The fraction of sp³-hybridized carbons (Fsp3) is 0.438. The van der Waals surface area contributed by atoms with Crippen molar-refractivity contribution >= 4 is 11.7 Å². The maximum absolute atomic E-state index is 11.9. The lowest BCUT2D eigenvalue weighted by atomic mass is 10.1. The van der Waals surface area contributed by atoms with Crippen molar-refractivity contribution < 1.29 is 9.90 Å². The van der Waals surface area contributed by atoms with E-state index in [0.717, 1.165) is 23.2 Å². The third-order valence-electron chi connectivity index (χ3n) is 2.53. The molecule has 108 valence electrons. The maximum Gasteiger partial charge on any atom is 0.319 e. The summed E-state index contributed by atoms with van der Waals surface area (Å²) in [5.41, 5.74) is 2.35. The number of hydrogen-bond donors (Lipinski definition) is 3. The number of aryl methyl sites for hydroxylation is 1. The van der Waals surface area contributed by atoms with Gasteiger partial charge in [0.25, 0.3) is 0 Å². The summed E-state index contributed by atoms with van der Waals surface area (Å²) in [6.45, 7) is 7.66. The Hall–Kier alpha value is -1.99. The van der Waals surface area contributed by atoms with Crippen LogP contribution in [0.15, 0.2) is 18.2 Å². The molecule has 0 aliphatic carbocycles. The number of aliphatic hydroxyl groups is 1. The normalized spacial score (nSPS) is 10.4. The highest BCUT2D eigenvalue weighted by Crippen LogP contribution is 2.18. The highest BCUT2D eigenvalue weighted by atomic mass is 16.2. The van der Waals surface area contributed by atoms with Gasteiger partial charge in [-0.25, -0.2) is 4.79 Å². The van der Waals surface area contributed by atoms with E-state index in [1.54, 1.807) is 0 Å². The molecule has 0 atom stereocenters. The van der Waals surface area contributed by atoms with Gasteiger partial charge in [0, 0.05) is 16.8 Å². The molecule has 0 spiro atoms. The van der Waals surface area contributed by atoms with E-state index in [4.69, 9.17) is 5.11 Å². The van der Waals surface area contributed by atoms with E-state index in [9.17, 15) is 4.79 Å². The van der Waals surface area contributed by atoms with Gasteiger partial charge in [0.15, 0.2) is 0 Å². The van der Waals surface area contributed by atoms with Crippen LogP contribution in [-0.4, -0.2) is 23.3 Å². The predicted octanol–water partition coefficient (Wildman–Crippen LogP) is 2.51. The van der Waals surface area contributed by atoms with Crippen molar-refractivity contribution in [3.8, 4) is 11.8 Å². The van der Waals surface area contributed by atoms with Crippen LogP contribution in [0, 0.1) is 11.8 Å². The molecule has 0 bridgehead atoms. The number of aliphatic hydroxyl groups excluding tert-OH is 1. The Bertz CT molecular complexity index is 534. The molecule has 3 N–H and O–H groups in total. The number of rotatable bonds is 2. The quantitative estimate of drug-likeness (QED) is 0.726. The number of hydrogen-bond acceptors (Lipinski definition) is 2. The molecule has 2 amide bonds. The zero-order chi connectivity index (χ0) is 15.2. The van der Waals surface area contributed by atoms with Crippen molar-refractivity contribution in [2.24, 2.45) is 0 Å². The summed E-state index contributed by atoms with van der Waals surface area (Å²) in [4.78, 5) is 11.9. The average Bonchev–Trinajstić information content (AvgIpc) is 2.35. The lowest BCUT2D eigenvalue weighted by Gasteiger charge is -2.21. The Morgan fingerprint density at radius 2 is 2.05 bits per heavy atom. The molecule has 0 saturated heterocycles. The molecule has 0 saturated carbocycles. The number of urea groups is 1. The molecule has 1 rings (SSSR count). The molecule has 1 aromatic carbocycles. The molecule has 0 aliphatic heterocycles. The fourth-order valence-corrected chi connectivity index (χ4v) is 1.72. The maximum atomic E-state index is 11.9. The van der Waals surface area contributed by atoms with Gasteiger partial charge in [0.05, 0.1) is 0 Å². The van der Waals surface area contributed by atoms with E-state index in [2.05, 4.69) is 22.5 Å². The average molecular weight is 274 g/mol. The van der Waals surface area contributed by atoms with Crippen LogP contribution in [0.25, 0.3) is 0 Å². The smallest absolute Gasteiger partial charge is 0.319 e. The van der Waals surface area contributed by atoms with Crippen LogP contribution >= 0.6 is 0 Å². The van der Waals surface area contributed by atoms with E-state index in [1.807, 2.05) is 45.9 Å². The van der Waals surface area contributed by atoms with Crippen molar-refractivity contribution in [2.45, 2.75) is 39.7 Å². The Morgan fingerprint density at radius 1 is 1.35 bits per heavy atom. The first kappa shape index (κ1) is 16.1. The molecule has 4 heteroatoms. The van der Waals surface area contributed by atoms with Gasteiger partial charge < -0.3 is 15.7 Å². The van der Waals surface area contributed by atoms with Gasteiger partial charge in [0.2, 0.25) is 0 Å². The summed E-state index contributed by atoms with van der Waals surface area (Å²) in [5.74, 6) is 5.47. The third-order valence-corrected chi connectivity index (χ3v) is 2.53. The molecule has 0 aromatic heterocycles. The van der Waals surface area contributed by atoms with Crippen molar-refractivity contribution in [1.29, 1.82) is 0 Å². The highest BCUT2D eigenvalue weighted by molar-refractivity contribution is 5.90. The Balaban J connectivity index is 2.88. The molecule has 0 fully saturated rings. The molecule has 20 heavy (non-hydrogen) atoms. The minimum absolute atomic E-state index is 0.157. The fourth-order valence-electron chi connectivity index (χ4n) is 1.72. The van der Waals surface area contributed by atoms with Gasteiger partial charge in [-0.1, -0.05) is 18.8 Å². The minimum atomic E-state index is -0.275. The van der Waals surface area contributed by atoms with Gasteiger partial charge in [0.1, 0.15) is 6.61 Å². The third kappa shape index (κ3) is 5.33. The number of benzene rings is 1. The van der Waals surface area contributed by atoms with Crippen LogP contribution in [0.1, 0.15) is 38.8 Å². The number of carbonyl (C=O) groups is 1. The van der Waals surface area contributed by atoms with Crippen LogP contribution < -0.4 is 10.6 Å². The SMILES string of the molecule is CCc1cc(C#CCO)ccc1NC(=O)NC(C)(C)C. The molecule has 4 nitrogen and oxygen atoms in total. The molecule has 1 aromatic rings. The summed E-state index contributed by atoms with van der Waals surface area (Å²) < 4.78 is 0. The number of amides is 2. The van der Waals surface area contributed by atoms with E-state index < -0.39 is 0 Å². The lowest BCUT2D eigenvalue weighted by Crippen LogP contribution is -2.43.